The summed E-state index contributed by atoms with van der Waals surface area (Å²) in [6.45, 7) is -7.35. The third-order valence-electron chi connectivity index (χ3n) is 15.3. The molecular weight excluding hydrogens is 2020 g/mol. The number of rotatable bonds is 86. The van der Waals surface area contributed by atoms with Gasteiger partial charge in [-0.15, -0.1) is 0 Å². The number of phosphoric acid groups is 7. The van der Waals surface area contributed by atoms with Crippen molar-refractivity contribution in [1.82, 2.24) is 49.8 Å². The van der Waals surface area contributed by atoms with Crippen LogP contribution in [0.25, 0.3) is 0 Å². The first kappa shape index (κ1) is 120. The molecule has 0 radical (unpaired) electrons. The molecule has 0 fully saturated rings. The lowest BCUT2D eigenvalue weighted by Crippen LogP contribution is -2.46. The van der Waals surface area contributed by atoms with Crippen molar-refractivity contribution in [3.05, 3.63) is 0 Å². The Morgan fingerprint density at radius 1 is 0.320 bits per heavy atom. The highest BCUT2D eigenvalue weighted by Gasteiger charge is 2.34. The molecule has 54 nitrogen and oxygen atoms in total. The van der Waals surface area contributed by atoms with Gasteiger partial charge in [-0.2, -0.15) is 0 Å². The van der Waals surface area contributed by atoms with Gasteiger partial charge in [0.1, 0.15) is 26.9 Å². The highest BCUT2D eigenvalue weighted by molar-refractivity contribution is 14.1. The van der Waals surface area contributed by atoms with Gasteiger partial charge in [0.15, 0.2) is 6.23 Å². The van der Waals surface area contributed by atoms with Gasteiger partial charge in [0.2, 0.25) is 35.4 Å². The molecule has 0 saturated heterocycles. The average molecular weight is 2150 g/mol. The first-order valence-corrected chi connectivity index (χ1v) is 50.8. The maximum atomic E-state index is 13.3. The van der Waals surface area contributed by atoms with Crippen LogP contribution in [0.4, 0.5) is 0 Å². The van der Waals surface area contributed by atoms with Crippen molar-refractivity contribution in [1.29, 1.82) is 0 Å². The number of hydrazine groups is 2. The van der Waals surface area contributed by atoms with Crippen LogP contribution >= 0.6 is 100 Å². The molecular formula is C59H125I2N12O42P7. The van der Waals surface area contributed by atoms with Crippen LogP contribution in [0, 0.1) is 0 Å². The van der Waals surface area contributed by atoms with E-state index in [2.05, 4.69) is 54.3 Å². The summed E-state index contributed by atoms with van der Waals surface area (Å²) in [5.41, 5.74) is 4.48. The largest absolute Gasteiger partial charge is 0.474 e. The van der Waals surface area contributed by atoms with E-state index in [1.165, 1.54) is 0 Å². The van der Waals surface area contributed by atoms with Crippen molar-refractivity contribution in [3.63, 3.8) is 0 Å². The summed E-state index contributed by atoms with van der Waals surface area (Å²) in [6, 6.07) is -2.38. The zero-order chi connectivity index (χ0) is 91.6. The van der Waals surface area contributed by atoms with Gasteiger partial charge in [-0.1, -0.05) is 0 Å². The summed E-state index contributed by atoms with van der Waals surface area (Å²) in [5.74, 6) is 6.11. The lowest BCUT2D eigenvalue weighted by atomic mass is 10.2. The molecule has 0 aromatic rings. The number of nitrogens with two attached hydrogens (primary N) is 2. The van der Waals surface area contributed by atoms with Gasteiger partial charge in [-0.3, -0.25) is 104 Å². The number of hydrogen-bond acceptors (Lipinski definition) is 41. The number of nitrogens with one attached hydrogen (secondary N) is 10. The van der Waals surface area contributed by atoms with Crippen molar-refractivity contribution in [3.8, 4) is 0 Å². The van der Waals surface area contributed by atoms with Crippen LogP contribution in [-0.2, 0) is 143 Å². The third-order valence-corrected chi connectivity index (χ3v) is 23.1. The van der Waals surface area contributed by atoms with Crippen molar-refractivity contribution < 1.29 is 198 Å². The summed E-state index contributed by atoms with van der Waals surface area (Å²) >= 11 is 3.69. The SMILES string of the molecule is COP(=O)(O)OCC(CNC(=O)CCCCOP(=O)(O)OCC(CNC(=O)CCCCOP(=O)(O)OC(CO)CCOCNN)NC(=O)CCCCOP(=O)(O)OC(CO)CCOCNI)NC(=O)CCCCOP(=O)(O)OC(CNC(=O)CCCCOP(=O)(O)OC(CO)CCOCNI)NC(=O)CCCCOP(=O)(O)OC(CO)CCOCNN. The van der Waals surface area contributed by atoms with Crippen LogP contribution < -0.4 is 61.5 Å². The van der Waals surface area contributed by atoms with Gasteiger partial charge in [0.05, 0.1) is 149 Å². The van der Waals surface area contributed by atoms with Gasteiger partial charge in [-0.25, -0.2) is 49.9 Å². The number of unbranched alkanes of at least 4 members (excludes halogenated alkanes) is 6. The van der Waals surface area contributed by atoms with Gasteiger partial charge < -0.3 is 106 Å². The highest BCUT2D eigenvalue weighted by atomic mass is 127. The molecule has 14 unspecified atom stereocenters. The topological polar surface area (TPSA) is 783 Å². The molecule has 0 aliphatic rings. The fourth-order valence-corrected chi connectivity index (χ4v) is 15.7. The Balaban J connectivity index is 5.76. The minimum atomic E-state index is -5.12. The molecule has 0 aliphatic heterocycles. The van der Waals surface area contributed by atoms with Crippen molar-refractivity contribution in [2.75, 3.05) is 159 Å². The summed E-state index contributed by atoms with van der Waals surface area (Å²) in [6.07, 6.45) is -7.36. The van der Waals surface area contributed by atoms with Crippen LogP contribution in [0.2, 0.25) is 0 Å². The smallest absolute Gasteiger partial charge is 0.394 e. The predicted molar refractivity (Wildman–Crippen MR) is 441 cm³/mol. The molecule has 63 heteroatoms. The minimum Gasteiger partial charge on any atom is -0.394 e. The van der Waals surface area contributed by atoms with E-state index in [4.69, 9.17) is 89.4 Å². The van der Waals surface area contributed by atoms with E-state index in [0.29, 0.717) is 0 Å². The fourth-order valence-electron chi connectivity index (χ4n) is 9.20. The van der Waals surface area contributed by atoms with Gasteiger partial charge in [-0.05, 0) is 103 Å². The normalized spacial score (nSPS) is 17.1. The van der Waals surface area contributed by atoms with Crippen molar-refractivity contribution >= 4 is 136 Å². The number of phosphoric ester groups is 7. The Morgan fingerprint density at radius 2 is 0.574 bits per heavy atom. The monoisotopic (exact) mass is 2140 g/mol. The van der Waals surface area contributed by atoms with Crippen LogP contribution in [0.5, 0.6) is 0 Å². The number of halogens is 2. The molecule has 25 N–H and O–H groups in total. The van der Waals surface area contributed by atoms with Crippen LogP contribution in [0.15, 0.2) is 0 Å². The Labute approximate surface area is 734 Å². The van der Waals surface area contributed by atoms with Gasteiger partial charge in [0, 0.05) is 104 Å². The summed E-state index contributed by atoms with van der Waals surface area (Å²) < 4.78 is 184. The summed E-state index contributed by atoms with van der Waals surface area (Å²) in [4.78, 5) is 150. The molecule has 0 aromatic carbocycles. The molecule has 0 rings (SSSR count). The van der Waals surface area contributed by atoms with E-state index in [0.717, 1.165) is 7.11 Å². The molecule has 0 saturated carbocycles. The van der Waals surface area contributed by atoms with E-state index in [9.17, 15) is 115 Å². The molecule has 0 spiro atoms. The molecule has 722 valence electrons. The number of aliphatic hydroxyl groups is 4. The molecule has 0 bridgehead atoms. The molecule has 122 heavy (non-hydrogen) atoms. The number of carbonyl (C=O) groups is 6. The zero-order valence-corrected chi connectivity index (χ0v) is 78.1. The molecule has 0 aliphatic carbocycles. The molecule has 14 atom stereocenters. The molecule has 0 aromatic heterocycles. The molecule has 6 amide bonds. The standard InChI is InChI=1S/C59H125I2N12O42P7/c1-98-116(84,85)109-41-47(71-56(81)18-6-12-29-108-122(96,97)115-59(73-58(83)19-7-13-28-107-121(94,95)114-52(40-77)23-33-102-46-70-63)36-66-55(80)16-4-10-26-105-118(88,89)111-49(37-74)20-30-99-43-67-60)34-64-53(78)14-2-8-24-103-117(86,87)110-42-48(72-57(82)17-5-11-27-106-120(92,93)112-50(38-75)21-31-100-44-68-61)35-65-54(79)15-3-9-25-104-119(90,91)113-51(39-76)22-32-101-45-69-62/h47-52,59,67-70,74-77H,2-46,62-63H2,1H3,(H,64,78)(H,65,79)(H,66,80)(H,71,81)(H,72,82)(H,73,83)(H,84,85)(H,86,87)(H,88,89)(H,90,91)(H,92,93)(H,94,95)(H,96,97). The van der Waals surface area contributed by atoms with Crippen LogP contribution in [0.3, 0.4) is 0 Å². The van der Waals surface area contributed by atoms with Crippen LogP contribution in [-0.4, -0.2) is 292 Å². The number of aliphatic hydroxyl groups excluding tert-OH is 4. The van der Waals surface area contributed by atoms with Crippen molar-refractivity contribution in [2.45, 2.75) is 184 Å². The number of amides is 6. The van der Waals surface area contributed by atoms with Gasteiger partial charge >= 0.3 is 54.8 Å². The number of carbonyl (C=O) groups excluding carboxylic acids is 6. The lowest BCUT2D eigenvalue weighted by molar-refractivity contribution is -0.126. The van der Waals surface area contributed by atoms with Crippen LogP contribution in [0.1, 0.15) is 141 Å². The van der Waals surface area contributed by atoms with E-state index in [1.807, 2.05) is 45.7 Å². The highest BCUT2D eigenvalue weighted by Crippen LogP contribution is 2.49. The van der Waals surface area contributed by atoms with E-state index < -0.39 is 205 Å². The fraction of sp³-hybridized carbons (Fsp3) is 0.898. The zero-order valence-electron chi connectivity index (χ0n) is 67.5. The van der Waals surface area contributed by atoms with Gasteiger partial charge in [0.25, 0.3) is 0 Å². The second kappa shape index (κ2) is 72.1. The third kappa shape index (κ3) is 71.3. The number of ether oxygens (including phenoxy) is 4. The second-order valence-electron chi connectivity index (χ2n) is 25.6. The molecule has 0 heterocycles. The quantitative estimate of drug-likeness (QED) is 0.00727. The Kier molecular flexibility index (Phi) is 71.3. The maximum Gasteiger partial charge on any atom is 0.474 e. The Hall–Kier alpha value is -1.51. The minimum absolute atomic E-state index is 0.000351. The number of hydrogen-bond donors (Lipinski definition) is 23. The predicted octanol–water partition coefficient (Wildman–Crippen LogP) is 0.0399. The van der Waals surface area contributed by atoms with E-state index >= 15 is 0 Å². The van der Waals surface area contributed by atoms with Crippen molar-refractivity contribution in [2.24, 2.45) is 11.7 Å². The lowest BCUT2D eigenvalue weighted by Gasteiger charge is -2.22. The second-order valence-corrected chi connectivity index (χ2v) is 37.1. The average Bonchev–Trinajstić information content (AvgIpc) is 0.885. The maximum absolute atomic E-state index is 13.3. The first-order valence-electron chi connectivity index (χ1n) is 38.2. The van der Waals surface area contributed by atoms with E-state index in [1.54, 1.807) is 0 Å². The Morgan fingerprint density at radius 3 is 0.852 bits per heavy atom. The first-order chi connectivity index (χ1) is 57.8. The summed E-state index contributed by atoms with van der Waals surface area (Å²) in [7, 11) is -32.5. The Bertz CT molecular complexity index is 3200. The van der Waals surface area contributed by atoms with E-state index in [-0.39, 0.29) is 221 Å². The summed E-state index contributed by atoms with van der Waals surface area (Å²) in [5, 5.41) is 53.0.